The van der Waals surface area contributed by atoms with Crippen molar-refractivity contribution in [2.45, 2.75) is 52.5 Å². The molecule has 0 saturated carbocycles. The van der Waals surface area contributed by atoms with Gasteiger partial charge in [-0.2, -0.15) is 0 Å². The smallest absolute Gasteiger partial charge is 0.0372 e. The highest BCUT2D eigenvalue weighted by Crippen LogP contribution is 2.20. The number of hydrogen-bond donors (Lipinski definition) is 1. The van der Waals surface area contributed by atoms with Crippen molar-refractivity contribution in [1.82, 2.24) is 0 Å². The summed E-state index contributed by atoms with van der Waals surface area (Å²) >= 11 is 2.36. The van der Waals surface area contributed by atoms with E-state index in [0.29, 0.717) is 6.04 Å². The summed E-state index contributed by atoms with van der Waals surface area (Å²) in [6, 6.07) is 7.24. The normalized spacial score (nSPS) is 10.8. The molecule has 1 nitrogen and oxygen atoms in total. The molecule has 1 rings (SSSR count). The van der Waals surface area contributed by atoms with Crippen LogP contribution in [-0.2, 0) is 0 Å². The van der Waals surface area contributed by atoms with Gasteiger partial charge in [-0.1, -0.05) is 26.7 Å². The van der Waals surface area contributed by atoms with E-state index in [9.17, 15) is 0 Å². The lowest BCUT2D eigenvalue weighted by Crippen LogP contribution is -2.19. The molecule has 0 heterocycles. The highest BCUT2D eigenvalue weighted by molar-refractivity contribution is 14.1. The SMILES string of the molecule is CCCC(CCC)Nc1ccc(I)cc1C. The molecule has 1 aromatic rings. The highest BCUT2D eigenvalue weighted by atomic mass is 127. The third-order valence-electron chi connectivity index (χ3n) is 2.82. The average molecular weight is 331 g/mol. The van der Waals surface area contributed by atoms with E-state index in [2.05, 4.69) is 66.9 Å². The maximum atomic E-state index is 3.67. The summed E-state index contributed by atoms with van der Waals surface area (Å²) in [6.45, 7) is 6.69. The van der Waals surface area contributed by atoms with E-state index in [0.717, 1.165) is 0 Å². The number of aryl methyl sites for hydroxylation is 1. The Balaban J connectivity index is 2.68. The molecule has 1 N–H and O–H groups in total. The van der Waals surface area contributed by atoms with Crippen molar-refractivity contribution in [3.63, 3.8) is 0 Å². The van der Waals surface area contributed by atoms with E-state index in [1.54, 1.807) is 0 Å². The van der Waals surface area contributed by atoms with Crippen LogP contribution in [0.3, 0.4) is 0 Å². The third kappa shape index (κ3) is 4.32. The van der Waals surface area contributed by atoms with E-state index >= 15 is 0 Å². The molecule has 0 spiro atoms. The molecule has 0 amide bonds. The van der Waals surface area contributed by atoms with Gasteiger partial charge in [-0.3, -0.25) is 0 Å². The number of hydrogen-bond acceptors (Lipinski definition) is 1. The third-order valence-corrected chi connectivity index (χ3v) is 3.49. The molecule has 0 atom stereocenters. The van der Waals surface area contributed by atoms with Gasteiger partial charge in [-0.05, 0) is 66.1 Å². The Morgan fingerprint density at radius 3 is 2.31 bits per heavy atom. The van der Waals surface area contributed by atoms with E-state index < -0.39 is 0 Å². The van der Waals surface area contributed by atoms with Crippen molar-refractivity contribution in [2.24, 2.45) is 0 Å². The molecule has 1 aromatic carbocycles. The summed E-state index contributed by atoms with van der Waals surface area (Å²) in [5, 5.41) is 3.67. The molecule has 0 aliphatic rings. The second kappa shape index (κ2) is 7.15. The lowest BCUT2D eigenvalue weighted by atomic mass is 10.1. The standard InChI is InChI=1S/C14H22IN/c1-4-6-13(7-5-2)16-14-9-8-12(15)10-11(14)3/h8-10,13,16H,4-7H2,1-3H3. The second-order valence-corrected chi connectivity index (χ2v) is 5.62. The fraction of sp³-hybridized carbons (Fsp3) is 0.571. The molecular formula is C14H22IN. The van der Waals surface area contributed by atoms with Gasteiger partial charge in [0.15, 0.2) is 0 Å². The Labute approximate surface area is 113 Å². The van der Waals surface area contributed by atoms with Crippen LogP contribution in [-0.4, -0.2) is 6.04 Å². The number of rotatable bonds is 6. The lowest BCUT2D eigenvalue weighted by molar-refractivity contribution is 0.586. The summed E-state index contributed by atoms with van der Waals surface area (Å²) in [5.74, 6) is 0. The maximum Gasteiger partial charge on any atom is 0.0372 e. The van der Waals surface area contributed by atoms with E-state index in [1.807, 2.05) is 0 Å². The first-order valence-electron chi connectivity index (χ1n) is 6.20. The van der Waals surface area contributed by atoms with Crippen LogP contribution in [0.1, 0.15) is 45.1 Å². The van der Waals surface area contributed by atoms with Crippen molar-refractivity contribution >= 4 is 28.3 Å². The first kappa shape index (κ1) is 13.8. The first-order valence-corrected chi connectivity index (χ1v) is 7.28. The van der Waals surface area contributed by atoms with Crippen molar-refractivity contribution in [3.8, 4) is 0 Å². The molecule has 0 saturated heterocycles. The fourth-order valence-electron chi connectivity index (χ4n) is 1.99. The molecule has 0 aromatic heterocycles. The fourth-order valence-corrected chi connectivity index (χ4v) is 2.64. The predicted molar refractivity (Wildman–Crippen MR) is 81.1 cm³/mol. The monoisotopic (exact) mass is 331 g/mol. The maximum absolute atomic E-state index is 3.67. The topological polar surface area (TPSA) is 12.0 Å². The summed E-state index contributed by atoms with van der Waals surface area (Å²) in [5.41, 5.74) is 2.65. The van der Waals surface area contributed by atoms with Crippen molar-refractivity contribution in [3.05, 3.63) is 27.3 Å². The minimum atomic E-state index is 0.633. The molecule has 0 unspecified atom stereocenters. The Hall–Kier alpha value is -0.250. The van der Waals surface area contributed by atoms with Crippen LogP contribution in [0.2, 0.25) is 0 Å². The van der Waals surface area contributed by atoms with Crippen LogP contribution >= 0.6 is 22.6 Å². The zero-order chi connectivity index (χ0) is 12.0. The van der Waals surface area contributed by atoms with E-state index in [4.69, 9.17) is 0 Å². The molecule has 90 valence electrons. The van der Waals surface area contributed by atoms with E-state index in [1.165, 1.54) is 40.5 Å². The van der Waals surface area contributed by atoms with Crippen LogP contribution in [0.4, 0.5) is 5.69 Å². The van der Waals surface area contributed by atoms with Gasteiger partial charge >= 0.3 is 0 Å². The Morgan fingerprint density at radius 2 is 1.81 bits per heavy atom. The zero-order valence-corrected chi connectivity index (χ0v) is 12.7. The Morgan fingerprint density at radius 1 is 1.19 bits per heavy atom. The van der Waals surface area contributed by atoms with Crippen LogP contribution < -0.4 is 5.32 Å². The van der Waals surface area contributed by atoms with Gasteiger partial charge in [0.25, 0.3) is 0 Å². The second-order valence-electron chi connectivity index (χ2n) is 4.38. The quantitative estimate of drug-likeness (QED) is 0.725. The van der Waals surface area contributed by atoms with Gasteiger partial charge in [-0.15, -0.1) is 0 Å². The minimum Gasteiger partial charge on any atom is -0.382 e. The predicted octanol–water partition coefficient (Wildman–Crippen LogP) is 4.98. The van der Waals surface area contributed by atoms with Crippen molar-refractivity contribution in [1.29, 1.82) is 0 Å². The molecular weight excluding hydrogens is 309 g/mol. The molecule has 16 heavy (non-hydrogen) atoms. The molecule has 0 fully saturated rings. The summed E-state index contributed by atoms with van der Waals surface area (Å²) in [4.78, 5) is 0. The van der Waals surface area contributed by atoms with E-state index in [-0.39, 0.29) is 0 Å². The Bertz CT molecular complexity index is 317. The van der Waals surface area contributed by atoms with Gasteiger partial charge in [0.1, 0.15) is 0 Å². The number of anilines is 1. The molecule has 2 heteroatoms. The zero-order valence-electron chi connectivity index (χ0n) is 10.5. The number of halogens is 1. The minimum absolute atomic E-state index is 0.633. The number of benzene rings is 1. The first-order chi connectivity index (χ1) is 7.67. The van der Waals surface area contributed by atoms with Crippen LogP contribution in [0.25, 0.3) is 0 Å². The molecule has 0 aliphatic heterocycles. The van der Waals surface area contributed by atoms with Crippen LogP contribution in [0, 0.1) is 10.5 Å². The largest absolute Gasteiger partial charge is 0.382 e. The average Bonchev–Trinajstić information content (AvgIpc) is 2.23. The number of nitrogens with one attached hydrogen (secondary N) is 1. The van der Waals surface area contributed by atoms with Crippen LogP contribution in [0.5, 0.6) is 0 Å². The van der Waals surface area contributed by atoms with Crippen LogP contribution in [0.15, 0.2) is 18.2 Å². The van der Waals surface area contributed by atoms with Gasteiger partial charge in [-0.25, -0.2) is 0 Å². The van der Waals surface area contributed by atoms with Gasteiger partial charge in [0, 0.05) is 15.3 Å². The molecule has 0 aliphatic carbocycles. The van der Waals surface area contributed by atoms with Crippen molar-refractivity contribution < 1.29 is 0 Å². The van der Waals surface area contributed by atoms with Gasteiger partial charge in [0.2, 0.25) is 0 Å². The lowest BCUT2D eigenvalue weighted by Gasteiger charge is -2.20. The van der Waals surface area contributed by atoms with Crippen molar-refractivity contribution in [2.75, 3.05) is 5.32 Å². The molecule has 0 bridgehead atoms. The summed E-state index contributed by atoms with van der Waals surface area (Å²) < 4.78 is 1.31. The summed E-state index contributed by atoms with van der Waals surface area (Å²) in [6.07, 6.45) is 5.03. The highest BCUT2D eigenvalue weighted by Gasteiger charge is 2.07. The van der Waals surface area contributed by atoms with Gasteiger partial charge < -0.3 is 5.32 Å². The molecule has 0 radical (unpaired) electrons. The summed E-state index contributed by atoms with van der Waals surface area (Å²) in [7, 11) is 0. The van der Waals surface area contributed by atoms with Gasteiger partial charge in [0.05, 0.1) is 0 Å². The Kier molecular flexibility index (Phi) is 6.17.